The predicted molar refractivity (Wildman–Crippen MR) is 119 cm³/mol. The summed E-state index contributed by atoms with van der Waals surface area (Å²) in [5.74, 6) is 0.0866. The molecular formula is C22H23N3O3S2. The van der Waals surface area contributed by atoms with E-state index in [1.165, 1.54) is 19.3 Å². The Labute approximate surface area is 181 Å². The van der Waals surface area contributed by atoms with Crippen LogP contribution < -0.4 is 4.90 Å². The van der Waals surface area contributed by atoms with Crippen LogP contribution in [-0.2, 0) is 14.9 Å². The highest BCUT2D eigenvalue weighted by Crippen LogP contribution is 2.50. The number of fused-ring (bicyclic) bond motifs is 2. The molecule has 3 aromatic rings. The van der Waals surface area contributed by atoms with Gasteiger partial charge in [0, 0.05) is 28.2 Å². The first-order chi connectivity index (χ1) is 14.2. The zero-order valence-corrected chi connectivity index (χ0v) is 18.6. The molecule has 30 heavy (non-hydrogen) atoms. The van der Waals surface area contributed by atoms with Gasteiger partial charge in [-0.2, -0.15) is 8.42 Å². The van der Waals surface area contributed by atoms with Crippen LogP contribution in [0.4, 0.5) is 11.4 Å². The summed E-state index contributed by atoms with van der Waals surface area (Å²) in [6, 6.07) is 15.7. The van der Waals surface area contributed by atoms with E-state index >= 15 is 0 Å². The van der Waals surface area contributed by atoms with Crippen LogP contribution >= 0.6 is 11.8 Å². The highest BCUT2D eigenvalue weighted by molar-refractivity contribution is 7.99. The van der Waals surface area contributed by atoms with Crippen LogP contribution in [0.3, 0.4) is 0 Å². The lowest BCUT2D eigenvalue weighted by Crippen LogP contribution is -2.42. The highest BCUT2D eigenvalue weighted by Gasteiger charge is 2.45. The summed E-state index contributed by atoms with van der Waals surface area (Å²) in [5.41, 5.74) is 3.16. The van der Waals surface area contributed by atoms with Crippen molar-refractivity contribution in [1.82, 2.24) is 9.97 Å². The lowest BCUT2D eigenvalue weighted by molar-refractivity contribution is 0.400. The average molecular weight is 442 g/mol. The van der Waals surface area contributed by atoms with Crippen LogP contribution in [-0.4, -0.2) is 29.0 Å². The third-order valence-corrected chi connectivity index (χ3v) is 8.07. The van der Waals surface area contributed by atoms with Crippen molar-refractivity contribution < 1.29 is 13.0 Å². The quantitative estimate of drug-likeness (QED) is 0.560. The molecule has 0 aliphatic carbocycles. The van der Waals surface area contributed by atoms with Gasteiger partial charge in [0.25, 0.3) is 10.1 Å². The Morgan fingerprint density at radius 1 is 1.07 bits per heavy atom. The van der Waals surface area contributed by atoms with Crippen LogP contribution in [0.5, 0.6) is 0 Å². The summed E-state index contributed by atoms with van der Waals surface area (Å²) in [6.07, 6.45) is 3.09. The van der Waals surface area contributed by atoms with E-state index in [-0.39, 0.29) is 18.3 Å². The van der Waals surface area contributed by atoms with E-state index in [4.69, 9.17) is 0 Å². The summed E-state index contributed by atoms with van der Waals surface area (Å²) in [4.78, 5) is 12.7. The maximum Gasteiger partial charge on any atom is 0.277 e. The van der Waals surface area contributed by atoms with Crippen molar-refractivity contribution in [2.45, 2.75) is 47.8 Å². The van der Waals surface area contributed by atoms with Gasteiger partial charge in [-0.3, -0.25) is 4.55 Å². The number of aryl methyl sites for hydroxylation is 1. The van der Waals surface area contributed by atoms with Crippen LogP contribution in [0, 0.1) is 6.92 Å². The lowest BCUT2D eigenvalue weighted by atomic mass is 9.98. The summed E-state index contributed by atoms with van der Waals surface area (Å²) in [6.45, 7) is 5.48. The highest BCUT2D eigenvalue weighted by atomic mass is 32.2. The molecule has 0 spiro atoms. The molecule has 2 heterocycles. The zero-order chi connectivity index (χ0) is 21.5. The predicted octanol–water partition coefficient (Wildman–Crippen LogP) is 4.97. The molecule has 156 valence electrons. The van der Waals surface area contributed by atoms with Gasteiger partial charge in [-0.15, -0.1) is 0 Å². The third kappa shape index (κ3) is 3.59. The minimum Gasteiger partial charge on any atom is -0.337 e. The Bertz CT molecular complexity index is 1190. The first kappa shape index (κ1) is 20.8. The van der Waals surface area contributed by atoms with Crippen molar-refractivity contribution >= 4 is 33.3 Å². The molecular weight excluding hydrogens is 418 g/mol. The van der Waals surface area contributed by atoms with Crippen molar-refractivity contribution in [2.24, 2.45) is 0 Å². The number of aromatic nitrogens is 2. The Hall–Kier alpha value is -2.42. The number of para-hydroxylation sites is 1. The standard InChI is InChI=1S/C22H23N3O3S2/c1-15-9-10-20-18(13-15)25(17-7-4-5-8-19(17)29-20)16(2)14-22(3,30(26,27)28)21-23-11-6-12-24-21/h4-13,16H,14H2,1-3H3,(H,26,27,28). The van der Waals surface area contributed by atoms with Gasteiger partial charge >= 0.3 is 0 Å². The molecule has 0 radical (unpaired) electrons. The van der Waals surface area contributed by atoms with Crippen LogP contribution in [0.2, 0.25) is 0 Å². The average Bonchev–Trinajstić information content (AvgIpc) is 2.71. The van der Waals surface area contributed by atoms with Gasteiger partial charge in [0.05, 0.1) is 11.4 Å². The number of hydrogen-bond acceptors (Lipinski definition) is 6. The molecule has 1 N–H and O–H groups in total. The molecule has 0 saturated carbocycles. The second-order valence-electron chi connectivity index (χ2n) is 7.74. The Balaban J connectivity index is 1.81. The van der Waals surface area contributed by atoms with Gasteiger partial charge in [-0.1, -0.05) is 30.0 Å². The van der Waals surface area contributed by atoms with E-state index in [0.717, 1.165) is 26.7 Å². The van der Waals surface area contributed by atoms with Gasteiger partial charge in [-0.25, -0.2) is 9.97 Å². The molecule has 0 bridgehead atoms. The maximum atomic E-state index is 12.5. The molecule has 6 nitrogen and oxygen atoms in total. The zero-order valence-electron chi connectivity index (χ0n) is 17.0. The molecule has 4 rings (SSSR count). The minimum atomic E-state index is -4.47. The monoisotopic (exact) mass is 441 g/mol. The topological polar surface area (TPSA) is 83.4 Å². The second-order valence-corrected chi connectivity index (χ2v) is 10.7. The summed E-state index contributed by atoms with van der Waals surface area (Å²) >= 11 is 1.70. The number of rotatable bonds is 5. The fourth-order valence-electron chi connectivity index (χ4n) is 3.91. The molecule has 1 aliphatic rings. The van der Waals surface area contributed by atoms with E-state index in [1.807, 2.05) is 32.0 Å². The second kappa shape index (κ2) is 7.68. The summed E-state index contributed by atoms with van der Waals surface area (Å²) < 4.78 is 33.4. The first-order valence-corrected chi connectivity index (χ1v) is 11.9. The number of anilines is 2. The van der Waals surface area contributed by atoms with Crippen LogP contribution in [0.15, 0.2) is 70.7 Å². The van der Waals surface area contributed by atoms with Gasteiger partial charge in [0.15, 0.2) is 10.6 Å². The smallest absolute Gasteiger partial charge is 0.277 e. The molecule has 0 fully saturated rings. The molecule has 0 amide bonds. The Morgan fingerprint density at radius 2 is 1.73 bits per heavy atom. The normalized spacial score (nSPS) is 16.3. The number of hydrogen-bond donors (Lipinski definition) is 1. The van der Waals surface area contributed by atoms with E-state index in [1.54, 1.807) is 17.8 Å². The first-order valence-electron chi connectivity index (χ1n) is 9.62. The Kier molecular flexibility index (Phi) is 5.34. The maximum absolute atomic E-state index is 12.5. The molecule has 1 aromatic heterocycles. The van der Waals surface area contributed by atoms with Crippen molar-refractivity contribution in [3.8, 4) is 0 Å². The molecule has 1 aliphatic heterocycles. The largest absolute Gasteiger partial charge is 0.337 e. The summed E-state index contributed by atoms with van der Waals surface area (Å²) in [7, 11) is -4.47. The Morgan fingerprint density at radius 3 is 2.43 bits per heavy atom. The third-order valence-electron chi connectivity index (χ3n) is 5.45. The van der Waals surface area contributed by atoms with Crippen molar-refractivity contribution in [2.75, 3.05) is 4.90 Å². The molecule has 2 aromatic carbocycles. The molecule has 0 saturated heterocycles. The summed E-state index contributed by atoms with van der Waals surface area (Å²) in [5, 5.41) is 0. The van der Waals surface area contributed by atoms with Gasteiger partial charge < -0.3 is 4.90 Å². The van der Waals surface area contributed by atoms with Gasteiger partial charge in [0.2, 0.25) is 0 Å². The van der Waals surface area contributed by atoms with E-state index in [2.05, 4.69) is 39.1 Å². The van der Waals surface area contributed by atoms with E-state index in [9.17, 15) is 13.0 Å². The van der Waals surface area contributed by atoms with Crippen molar-refractivity contribution in [1.29, 1.82) is 0 Å². The van der Waals surface area contributed by atoms with Crippen LogP contribution in [0.25, 0.3) is 0 Å². The van der Waals surface area contributed by atoms with E-state index < -0.39 is 14.9 Å². The number of nitrogens with zero attached hydrogens (tertiary/aromatic N) is 3. The van der Waals surface area contributed by atoms with Crippen LogP contribution in [0.1, 0.15) is 31.7 Å². The molecule has 2 atom stereocenters. The van der Waals surface area contributed by atoms with Crippen molar-refractivity contribution in [3.63, 3.8) is 0 Å². The van der Waals surface area contributed by atoms with Crippen molar-refractivity contribution in [3.05, 3.63) is 72.3 Å². The van der Waals surface area contributed by atoms with Gasteiger partial charge in [-0.05, 0) is 63.1 Å². The fourth-order valence-corrected chi connectivity index (χ4v) is 5.75. The minimum absolute atomic E-state index is 0.0866. The molecule has 2 unspecified atom stereocenters. The van der Waals surface area contributed by atoms with Gasteiger partial charge in [0.1, 0.15) is 0 Å². The molecule has 8 heteroatoms. The van der Waals surface area contributed by atoms with E-state index in [0.29, 0.717) is 0 Å². The lowest BCUT2D eigenvalue weighted by Gasteiger charge is -2.40. The fraction of sp³-hybridized carbons (Fsp3) is 0.273. The SMILES string of the molecule is Cc1ccc2c(c1)N(C(C)CC(C)(c1ncccn1)S(=O)(=O)O)c1ccccc1S2. The number of benzene rings is 2.